The van der Waals surface area contributed by atoms with Crippen LogP contribution in [0.1, 0.15) is 24.0 Å². The Morgan fingerprint density at radius 2 is 2.00 bits per heavy atom. The zero-order chi connectivity index (χ0) is 21.3. The van der Waals surface area contributed by atoms with Crippen molar-refractivity contribution in [1.29, 1.82) is 0 Å². The Morgan fingerprint density at radius 3 is 2.80 bits per heavy atom. The molecular weight excluding hydrogens is 474 g/mol. The van der Waals surface area contributed by atoms with Crippen molar-refractivity contribution < 1.29 is 8.78 Å². The largest absolute Gasteiger partial charge is 0.281 e. The van der Waals surface area contributed by atoms with Crippen LogP contribution in [0.5, 0.6) is 0 Å². The molecular formula is C21H19BrF2N4OS. The van der Waals surface area contributed by atoms with Crippen molar-refractivity contribution in [2.24, 2.45) is 0 Å². The van der Waals surface area contributed by atoms with Gasteiger partial charge in [0.25, 0.3) is 12.0 Å². The maximum absolute atomic E-state index is 13.0. The minimum absolute atomic E-state index is 0.159. The van der Waals surface area contributed by atoms with E-state index in [0.29, 0.717) is 10.8 Å². The minimum atomic E-state index is -2.62. The van der Waals surface area contributed by atoms with Crippen molar-refractivity contribution in [3.05, 3.63) is 93.1 Å². The summed E-state index contributed by atoms with van der Waals surface area (Å²) >= 11 is 5.03. The second-order valence-corrected chi connectivity index (χ2v) is 8.19. The van der Waals surface area contributed by atoms with Gasteiger partial charge >= 0.3 is 0 Å². The summed E-state index contributed by atoms with van der Waals surface area (Å²) in [5, 5.41) is 7.23. The van der Waals surface area contributed by atoms with Gasteiger partial charge in [0.1, 0.15) is 6.20 Å². The third-order valence-corrected chi connectivity index (χ3v) is 5.90. The Balaban J connectivity index is 1.73. The molecule has 156 valence electrons. The predicted molar refractivity (Wildman–Crippen MR) is 118 cm³/mol. The van der Waals surface area contributed by atoms with Crippen LogP contribution in [-0.2, 0) is 6.42 Å². The summed E-state index contributed by atoms with van der Waals surface area (Å²) in [6.45, 7) is 0. The smallest absolute Gasteiger partial charge is 0.275 e. The molecule has 0 aliphatic heterocycles. The number of thioether (sulfide) groups is 1. The Kier molecular flexibility index (Phi) is 8.15. The van der Waals surface area contributed by atoms with E-state index >= 15 is 0 Å². The topological polar surface area (TPSA) is 63.6 Å². The number of alkyl halides is 2. The zero-order valence-corrected chi connectivity index (χ0v) is 18.2. The first kappa shape index (κ1) is 22.2. The van der Waals surface area contributed by atoms with Crippen LogP contribution in [0.25, 0.3) is 5.69 Å². The van der Waals surface area contributed by atoms with Crippen molar-refractivity contribution in [3.63, 3.8) is 0 Å². The Bertz CT molecular complexity index is 1100. The lowest BCUT2D eigenvalue weighted by molar-refractivity contribution is 0.151. The molecule has 9 heteroatoms. The number of nitrogens with one attached hydrogen (secondary N) is 1. The summed E-state index contributed by atoms with van der Waals surface area (Å²) in [7, 11) is 0. The summed E-state index contributed by atoms with van der Waals surface area (Å²) in [4.78, 5) is 16.7. The minimum Gasteiger partial charge on any atom is -0.281 e. The first-order valence-corrected chi connectivity index (χ1v) is 10.9. The van der Waals surface area contributed by atoms with E-state index in [1.54, 1.807) is 6.07 Å². The van der Waals surface area contributed by atoms with Crippen LogP contribution in [0.3, 0.4) is 0 Å². The highest BCUT2D eigenvalue weighted by Crippen LogP contribution is 2.21. The standard InChI is InChI=1S/C21H19BrF2N4OS/c22-18-9-2-1-5-15(18)7-4-12-30-21-25-10-11-28(19(29)14-26-27-21)17-8-3-6-16(13-17)20(23)24/h1-3,5-6,8-11,13-14,20H,4,7,12H2,(H,25,27). The molecule has 1 N–H and O–H groups in total. The molecule has 0 spiro atoms. The Hall–Kier alpha value is -2.52. The number of nitrogens with zero attached hydrogens (tertiary/aromatic N) is 3. The van der Waals surface area contributed by atoms with E-state index in [2.05, 4.69) is 37.2 Å². The van der Waals surface area contributed by atoms with Gasteiger partial charge in [-0.1, -0.05) is 58.0 Å². The number of hydrogen-bond acceptors (Lipinski definition) is 4. The molecule has 30 heavy (non-hydrogen) atoms. The van der Waals surface area contributed by atoms with Gasteiger partial charge in [-0.25, -0.2) is 13.8 Å². The number of aromatic nitrogens is 4. The molecule has 0 saturated heterocycles. The second-order valence-electron chi connectivity index (χ2n) is 6.25. The van der Waals surface area contributed by atoms with Crippen molar-refractivity contribution in [1.82, 2.24) is 19.7 Å². The molecule has 0 amide bonds. The van der Waals surface area contributed by atoms with Crippen LogP contribution in [0.2, 0.25) is 0 Å². The third-order valence-electron chi connectivity index (χ3n) is 4.17. The number of rotatable bonds is 7. The van der Waals surface area contributed by atoms with Crippen molar-refractivity contribution >= 4 is 27.7 Å². The number of H-pyrrole nitrogens is 1. The molecule has 3 rings (SSSR count). The first-order chi connectivity index (χ1) is 14.5. The summed E-state index contributed by atoms with van der Waals surface area (Å²) in [6, 6.07) is 13.7. The van der Waals surface area contributed by atoms with Crippen molar-refractivity contribution in [2.45, 2.75) is 24.4 Å². The van der Waals surface area contributed by atoms with Gasteiger partial charge in [0.2, 0.25) is 0 Å². The number of aromatic amines is 1. The van der Waals surface area contributed by atoms with E-state index in [4.69, 9.17) is 0 Å². The molecule has 1 heterocycles. The number of aryl methyl sites for hydroxylation is 1. The molecule has 1 aromatic heterocycles. The molecule has 0 radical (unpaired) electrons. The Morgan fingerprint density at radius 1 is 1.17 bits per heavy atom. The van der Waals surface area contributed by atoms with Gasteiger partial charge in [-0.2, -0.15) is 5.10 Å². The van der Waals surface area contributed by atoms with Crippen molar-refractivity contribution in [2.75, 3.05) is 5.75 Å². The molecule has 0 bridgehead atoms. The maximum Gasteiger partial charge on any atom is 0.275 e. The lowest BCUT2D eigenvalue weighted by Gasteiger charge is -2.05. The Labute approximate surface area is 185 Å². The van der Waals surface area contributed by atoms with E-state index in [9.17, 15) is 13.6 Å². The van der Waals surface area contributed by atoms with Crippen LogP contribution in [0, 0.1) is 0 Å². The quantitative estimate of drug-likeness (QED) is 0.349. The van der Waals surface area contributed by atoms with Gasteiger partial charge in [0.05, 0.1) is 0 Å². The average Bonchev–Trinajstić information content (AvgIpc) is 2.83. The van der Waals surface area contributed by atoms with E-state index < -0.39 is 12.0 Å². The molecule has 2 aromatic carbocycles. The molecule has 3 aromatic rings. The van der Waals surface area contributed by atoms with Crippen LogP contribution >= 0.6 is 27.7 Å². The third kappa shape index (κ3) is 6.24. The molecule has 5 nitrogen and oxygen atoms in total. The SMILES string of the molecule is O=c1cn[nH]c(SCCCc2ccccc2Br)nccn1-c1cccc(C(F)F)c1. The van der Waals surface area contributed by atoms with Crippen LogP contribution in [-0.4, -0.2) is 25.5 Å². The highest BCUT2D eigenvalue weighted by Gasteiger charge is 2.08. The summed E-state index contributed by atoms with van der Waals surface area (Å²) in [6.07, 6.45) is 3.23. The van der Waals surface area contributed by atoms with E-state index in [1.807, 2.05) is 18.2 Å². The lowest BCUT2D eigenvalue weighted by Crippen LogP contribution is -2.15. The summed E-state index contributed by atoms with van der Waals surface area (Å²) in [5.41, 5.74) is 0.932. The fourth-order valence-electron chi connectivity index (χ4n) is 2.70. The van der Waals surface area contributed by atoms with E-state index in [1.165, 1.54) is 52.5 Å². The summed E-state index contributed by atoms with van der Waals surface area (Å²) in [5.74, 6) is 0.810. The molecule has 0 atom stereocenters. The fraction of sp³-hybridized carbons (Fsp3) is 0.190. The summed E-state index contributed by atoms with van der Waals surface area (Å²) < 4.78 is 28.2. The fourth-order valence-corrected chi connectivity index (χ4v) is 3.92. The maximum atomic E-state index is 13.0. The van der Waals surface area contributed by atoms with Gasteiger partial charge in [-0.3, -0.25) is 14.5 Å². The molecule has 0 saturated carbocycles. The second kappa shape index (κ2) is 11.0. The van der Waals surface area contributed by atoms with Crippen LogP contribution in [0.4, 0.5) is 8.78 Å². The first-order valence-electron chi connectivity index (χ1n) is 9.15. The van der Waals surface area contributed by atoms with Gasteiger partial charge in [-0.05, 0) is 36.6 Å². The van der Waals surface area contributed by atoms with Crippen LogP contribution < -0.4 is 5.56 Å². The zero-order valence-electron chi connectivity index (χ0n) is 15.8. The molecule has 0 unspecified atom stereocenters. The van der Waals surface area contributed by atoms with Gasteiger partial charge in [0.15, 0.2) is 5.16 Å². The predicted octanol–water partition coefficient (Wildman–Crippen LogP) is 5.51. The highest BCUT2D eigenvalue weighted by atomic mass is 79.9. The molecule has 0 fully saturated rings. The normalized spacial score (nSPS) is 10.8. The average molecular weight is 493 g/mol. The lowest BCUT2D eigenvalue weighted by atomic mass is 10.1. The van der Waals surface area contributed by atoms with Crippen molar-refractivity contribution in [3.8, 4) is 5.69 Å². The van der Waals surface area contributed by atoms with E-state index in [-0.39, 0.29) is 5.56 Å². The number of benzene rings is 2. The monoisotopic (exact) mass is 492 g/mol. The number of halogens is 3. The molecule has 0 aliphatic rings. The van der Waals surface area contributed by atoms with Crippen LogP contribution in [0.15, 0.2) is 81.5 Å². The van der Waals surface area contributed by atoms with Gasteiger partial charge in [0, 0.05) is 33.9 Å². The molecule has 0 aliphatic carbocycles. The number of hydrogen-bond donors (Lipinski definition) is 1. The van der Waals surface area contributed by atoms with Gasteiger partial charge in [-0.15, -0.1) is 0 Å². The highest BCUT2D eigenvalue weighted by molar-refractivity contribution is 9.10. The van der Waals surface area contributed by atoms with E-state index in [0.717, 1.165) is 29.3 Å². The van der Waals surface area contributed by atoms with Gasteiger partial charge < -0.3 is 0 Å².